The minimum atomic E-state index is -0.495. The molecule has 6 nitrogen and oxygen atoms in total. The zero-order valence-electron chi connectivity index (χ0n) is 10.1. The Bertz CT molecular complexity index is 450. The molecule has 18 heavy (non-hydrogen) atoms. The first-order chi connectivity index (χ1) is 8.56. The van der Waals surface area contributed by atoms with Crippen LogP contribution in [0.3, 0.4) is 0 Å². The van der Waals surface area contributed by atoms with Crippen molar-refractivity contribution in [3.63, 3.8) is 0 Å². The zero-order chi connectivity index (χ0) is 13.1. The minimum Gasteiger partial charge on any atom is -0.508 e. The Morgan fingerprint density at radius 3 is 3.00 bits per heavy atom. The highest BCUT2D eigenvalue weighted by Crippen LogP contribution is 2.30. The van der Waals surface area contributed by atoms with Crippen molar-refractivity contribution < 1.29 is 14.8 Å². The summed E-state index contributed by atoms with van der Waals surface area (Å²) in [4.78, 5) is 10.4. The number of anilines is 1. The Hall–Kier alpha value is -1.82. The van der Waals surface area contributed by atoms with Gasteiger partial charge in [-0.1, -0.05) is 0 Å². The first-order valence-corrected chi connectivity index (χ1v) is 5.92. The predicted octanol–water partition coefficient (Wildman–Crippen LogP) is 2.28. The van der Waals surface area contributed by atoms with E-state index in [1.165, 1.54) is 12.1 Å². The molecule has 6 heteroatoms. The Morgan fingerprint density at radius 2 is 2.33 bits per heavy atom. The number of aromatic hydroxyl groups is 1. The molecule has 1 heterocycles. The van der Waals surface area contributed by atoms with Gasteiger partial charge in [-0.3, -0.25) is 10.1 Å². The number of hydrogen-bond donors (Lipinski definition) is 2. The van der Waals surface area contributed by atoms with E-state index in [1.54, 1.807) is 0 Å². The number of phenolic OH excluding ortho intramolecular Hbond substituents is 1. The van der Waals surface area contributed by atoms with Gasteiger partial charge in [0.05, 0.1) is 17.1 Å². The van der Waals surface area contributed by atoms with Crippen LogP contribution in [0.2, 0.25) is 0 Å². The summed E-state index contributed by atoms with van der Waals surface area (Å²) in [5.41, 5.74) is 0.339. The van der Waals surface area contributed by atoms with E-state index in [1.807, 2.05) is 6.92 Å². The number of nitrogens with one attached hydrogen (secondary N) is 1. The molecule has 1 saturated heterocycles. The zero-order valence-corrected chi connectivity index (χ0v) is 10.1. The Balaban J connectivity index is 2.15. The van der Waals surface area contributed by atoms with Gasteiger partial charge in [-0.15, -0.1) is 0 Å². The van der Waals surface area contributed by atoms with Gasteiger partial charge in [-0.05, 0) is 31.9 Å². The summed E-state index contributed by atoms with van der Waals surface area (Å²) in [6.45, 7) is 2.64. The summed E-state index contributed by atoms with van der Waals surface area (Å²) in [6.07, 6.45) is 1.80. The standard InChI is InChI=1S/C12H16N2O4/c1-8-6-9(4-5-18-8)13-11-3-2-10(15)7-12(11)14(16)17/h2-3,7-9,13,15H,4-6H2,1H3. The van der Waals surface area contributed by atoms with E-state index in [0.29, 0.717) is 12.3 Å². The number of rotatable bonds is 3. The highest BCUT2D eigenvalue weighted by Gasteiger charge is 2.22. The molecule has 2 rings (SSSR count). The molecule has 2 atom stereocenters. The third-order valence-corrected chi connectivity index (χ3v) is 3.02. The highest BCUT2D eigenvalue weighted by molar-refractivity contribution is 5.64. The topological polar surface area (TPSA) is 84.6 Å². The molecular weight excluding hydrogens is 236 g/mol. The molecule has 1 aliphatic heterocycles. The summed E-state index contributed by atoms with van der Waals surface area (Å²) < 4.78 is 5.43. The van der Waals surface area contributed by atoms with E-state index in [9.17, 15) is 15.2 Å². The number of benzene rings is 1. The van der Waals surface area contributed by atoms with Crippen molar-refractivity contribution in [2.45, 2.75) is 31.9 Å². The lowest BCUT2D eigenvalue weighted by Gasteiger charge is -2.28. The molecule has 0 bridgehead atoms. The molecule has 98 valence electrons. The lowest BCUT2D eigenvalue weighted by molar-refractivity contribution is -0.384. The maximum absolute atomic E-state index is 10.9. The van der Waals surface area contributed by atoms with Crippen LogP contribution in [0, 0.1) is 10.1 Å². The average molecular weight is 252 g/mol. The van der Waals surface area contributed by atoms with E-state index >= 15 is 0 Å². The van der Waals surface area contributed by atoms with Crippen molar-refractivity contribution in [1.29, 1.82) is 0 Å². The second-order valence-corrected chi connectivity index (χ2v) is 4.51. The van der Waals surface area contributed by atoms with Gasteiger partial charge in [0.2, 0.25) is 0 Å². The molecule has 1 fully saturated rings. The first kappa shape index (κ1) is 12.6. The fourth-order valence-corrected chi connectivity index (χ4v) is 2.14. The molecule has 1 aromatic carbocycles. The fourth-order valence-electron chi connectivity index (χ4n) is 2.14. The van der Waals surface area contributed by atoms with Crippen molar-refractivity contribution >= 4 is 11.4 Å². The van der Waals surface area contributed by atoms with E-state index in [-0.39, 0.29) is 23.6 Å². The number of ether oxygens (including phenoxy) is 1. The molecule has 0 aliphatic carbocycles. The maximum Gasteiger partial charge on any atom is 0.296 e. The van der Waals surface area contributed by atoms with Crippen molar-refractivity contribution in [3.8, 4) is 5.75 Å². The third-order valence-electron chi connectivity index (χ3n) is 3.02. The fraction of sp³-hybridized carbons (Fsp3) is 0.500. The van der Waals surface area contributed by atoms with Gasteiger partial charge in [0.1, 0.15) is 11.4 Å². The van der Waals surface area contributed by atoms with Gasteiger partial charge in [0.15, 0.2) is 0 Å². The summed E-state index contributed by atoms with van der Waals surface area (Å²) in [5, 5.41) is 23.3. The van der Waals surface area contributed by atoms with Crippen LogP contribution in [0.15, 0.2) is 18.2 Å². The van der Waals surface area contributed by atoms with Gasteiger partial charge in [-0.25, -0.2) is 0 Å². The van der Waals surface area contributed by atoms with Crippen LogP contribution in [-0.2, 0) is 4.74 Å². The number of nitrogens with zero attached hydrogens (tertiary/aromatic N) is 1. The summed E-state index contributed by atoms with van der Waals surface area (Å²) in [7, 11) is 0. The third kappa shape index (κ3) is 2.89. The first-order valence-electron chi connectivity index (χ1n) is 5.92. The predicted molar refractivity (Wildman–Crippen MR) is 66.8 cm³/mol. The van der Waals surface area contributed by atoms with Crippen LogP contribution >= 0.6 is 0 Å². The van der Waals surface area contributed by atoms with Gasteiger partial charge in [0, 0.05) is 12.6 Å². The second kappa shape index (κ2) is 5.22. The molecule has 1 aliphatic rings. The molecule has 0 radical (unpaired) electrons. The quantitative estimate of drug-likeness (QED) is 0.489. The number of hydrogen-bond acceptors (Lipinski definition) is 5. The molecule has 0 aromatic heterocycles. The molecular formula is C12H16N2O4. The summed E-state index contributed by atoms with van der Waals surface area (Å²) in [5.74, 6) is -0.104. The van der Waals surface area contributed by atoms with E-state index in [0.717, 1.165) is 18.9 Å². The van der Waals surface area contributed by atoms with E-state index < -0.39 is 4.92 Å². The largest absolute Gasteiger partial charge is 0.508 e. The molecule has 0 spiro atoms. The lowest BCUT2D eigenvalue weighted by Crippen LogP contribution is -2.32. The highest BCUT2D eigenvalue weighted by atomic mass is 16.6. The number of nitro groups is 1. The van der Waals surface area contributed by atoms with Gasteiger partial charge < -0.3 is 15.2 Å². The Kier molecular flexibility index (Phi) is 3.66. The van der Waals surface area contributed by atoms with Gasteiger partial charge >= 0.3 is 0 Å². The smallest absolute Gasteiger partial charge is 0.296 e. The minimum absolute atomic E-state index is 0.103. The summed E-state index contributed by atoms with van der Waals surface area (Å²) >= 11 is 0. The van der Waals surface area contributed by atoms with Crippen molar-refractivity contribution in [2.75, 3.05) is 11.9 Å². The van der Waals surface area contributed by atoms with Crippen LogP contribution in [0.5, 0.6) is 5.75 Å². The van der Waals surface area contributed by atoms with Gasteiger partial charge in [-0.2, -0.15) is 0 Å². The molecule has 1 aromatic rings. The van der Waals surface area contributed by atoms with Crippen LogP contribution in [0.4, 0.5) is 11.4 Å². The van der Waals surface area contributed by atoms with Crippen molar-refractivity contribution in [2.24, 2.45) is 0 Å². The second-order valence-electron chi connectivity index (χ2n) is 4.51. The van der Waals surface area contributed by atoms with Crippen LogP contribution in [-0.4, -0.2) is 28.8 Å². The maximum atomic E-state index is 10.9. The van der Waals surface area contributed by atoms with E-state index in [4.69, 9.17) is 4.74 Å². The molecule has 0 saturated carbocycles. The van der Waals surface area contributed by atoms with E-state index in [2.05, 4.69) is 5.32 Å². The van der Waals surface area contributed by atoms with Crippen molar-refractivity contribution in [1.82, 2.24) is 0 Å². The molecule has 0 amide bonds. The van der Waals surface area contributed by atoms with Gasteiger partial charge in [0.25, 0.3) is 5.69 Å². The van der Waals surface area contributed by atoms with Crippen LogP contribution in [0.25, 0.3) is 0 Å². The Labute approximate surface area is 105 Å². The molecule has 2 N–H and O–H groups in total. The van der Waals surface area contributed by atoms with Crippen LogP contribution < -0.4 is 5.32 Å². The SMILES string of the molecule is CC1CC(Nc2ccc(O)cc2[N+](=O)[O-])CCO1. The van der Waals surface area contributed by atoms with Crippen LogP contribution in [0.1, 0.15) is 19.8 Å². The average Bonchev–Trinajstić information content (AvgIpc) is 2.31. The monoisotopic (exact) mass is 252 g/mol. The normalized spacial score (nSPS) is 23.6. The number of nitro benzene ring substituents is 1. The Morgan fingerprint density at radius 1 is 1.56 bits per heavy atom. The summed E-state index contributed by atoms with van der Waals surface area (Å²) in [6, 6.07) is 4.30. The van der Waals surface area contributed by atoms with Crippen molar-refractivity contribution in [3.05, 3.63) is 28.3 Å². The number of phenols is 1. The molecule has 2 unspecified atom stereocenters. The lowest BCUT2D eigenvalue weighted by atomic mass is 10.0.